The van der Waals surface area contributed by atoms with E-state index in [9.17, 15) is 4.79 Å². The van der Waals surface area contributed by atoms with Crippen LogP contribution in [0.5, 0.6) is 0 Å². The molecule has 0 aliphatic carbocycles. The van der Waals surface area contributed by atoms with Crippen molar-refractivity contribution in [2.24, 2.45) is 0 Å². The molecule has 0 unspecified atom stereocenters. The Labute approximate surface area is 92.8 Å². The lowest BCUT2D eigenvalue weighted by molar-refractivity contribution is -0.118. The fourth-order valence-electron chi connectivity index (χ4n) is 1.19. The first kappa shape index (κ1) is 14.3. The van der Waals surface area contributed by atoms with Crippen LogP contribution < -0.4 is 10.6 Å². The summed E-state index contributed by atoms with van der Waals surface area (Å²) in [5.74, 6) is 0. The molecule has 90 valence electrons. The number of carbonyl (C=O) groups excluding carboxylic acids is 1. The van der Waals surface area contributed by atoms with Gasteiger partial charge >= 0.3 is 0 Å². The van der Waals surface area contributed by atoms with Gasteiger partial charge in [-0.25, -0.2) is 0 Å². The normalized spacial score (nSPS) is 10.7. The van der Waals surface area contributed by atoms with Crippen molar-refractivity contribution in [2.45, 2.75) is 0 Å². The van der Waals surface area contributed by atoms with Gasteiger partial charge in [0.15, 0.2) is 0 Å². The van der Waals surface area contributed by atoms with Gasteiger partial charge in [-0.1, -0.05) is 0 Å². The molecular formula is C10H24N4O. The van der Waals surface area contributed by atoms with Crippen molar-refractivity contribution in [3.05, 3.63) is 0 Å². The van der Waals surface area contributed by atoms with Crippen molar-refractivity contribution in [3.8, 4) is 0 Å². The molecule has 2 N–H and O–H groups in total. The summed E-state index contributed by atoms with van der Waals surface area (Å²) in [5.41, 5.74) is 0. The molecule has 0 saturated carbocycles. The van der Waals surface area contributed by atoms with Gasteiger partial charge in [0.25, 0.3) is 0 Å². The van der Waals surface area contributed by atoms with E-state index in [0.29, 0.717) is 0 Å². The molecule has 0 atom stereocenters. The first-order chi connectivity index (χ1) is 7.24. The Hall–Kier alpha value is -0.650. The third-order valence-corrected chi connectivity index (χ3v) is 2.31. The highest BCUT2D eigenvalue weighted by Gasteiger charge is 2.02. The number of nitrogens with one attached hydrogen (secondary N) is 2. The van der Waals surface area contributed by atoms with E-state index in [1.165, 1.54) is 0 Å². The first-order valence-electron chi connectivity index (χ1n) is 5.41. The Morgan fingerprint density at radius 3 is 2.13 bits per heavy atom. The van der Waals surface area contributed by atoms with Crippen LogP contribution in [0.15, 0.2) is 0 Å². The lowest BCUT2D eigenvalue weighted by Gasteiger charge is -2.22. The molecule has 0 aromatic heterocycles. The molecule has 15 heavy (non-hydrogen) atoms. The number of hydrogen-bond acceptors (Lipinski definition) is 4. The molecule has 0 radical (unpaired) electrons. The standard InChI is InChI=1S/C10H24N4O/c1-11-4-6-13(3)8-9-14(10-15)7-5-12-2/h10-12H,4-9H2,1-3H3. The van der Waals surface area contributed by atoms with Crippen molar-refractivity contribution >= 4 is 6.41 Å². The van der Waals surface area contributed by atoms with E-state index in [1.54, 1.807) is 4.90 Å². The van der Waals surface area contributed by atoms with Crippen LogP contribution in [0.3, 0.4) is 0 Å². The summed E-state index contributed by atoms with van der Waals surface area (Å²) < 4.78 is 0. The smallest absolute Gasteiger partial charge is 0.209 e. The summed E-state index contributed by atoms with van der Waals surface area (Å²) in [6.45, 7) is 5.33. The minimum atomic E-state index is 0.778. The van der Waals surface area contributed by atoms with E-state index in [4.69, 9.17) is 0 Å². The van der Waals surface area contributed by atoms with Crippen LogP contribution in [0.4, 0.5) is 0 Å². The Morgan fingerprint density at radius 1 is 1.00 bits per heavy atom. The van der Waals surface area contributed by atoms with Gasteiger partial charge in [0.05, 0.1) is 0 Å². The second-order valence-corrected chi connectivity index (χ2v) is 3.65. The second kappa shape index (κ2) is 9.89. The predicted octanol–water partition coefficient (Wildman–Crippen LogP) is -1.18. The summed E-state index contributed by atoms with van der Waals surface area (Å²) in [6.07, 6.45) is 0.920. The molecule has 0 aliphatic rings. The maximum Gasteiger partial charge on any atom is 0.209 e. The van der Waals surface area contributed by atoms with Crippen molar-refractivity contribution in [1.82, 2.24) is 20.4 Å². The van der Waals surface area contributed by atoms with Crippen LogP contribution in [0.1, 0.15) is 0 Å². The first-order valence-corrected chi connectivity index (χ1v) is 5.41. The fraction of sp³-hybridized carbons (Fsp3) is 0.900. The number of carbonyl (C=O) groups is 1. The summed E-state index contributed by atoms with van der Waals surface area (Å²) >= 11 is 0. The molecule has 5 heteroatoms. The van der Waals surface area contributed by atoms with Crippen LogP contribution in [0.2, 0.25) is 0 Å². The molecule has 0 aliphatic heterocycles. The molecule has 0 rings (SSSR count). The predicted molar refractivity (Wildman–Crippen MR) is 63.0 cm³/mol. The number of likely N-dealkylation sites (N-methyl/N-ethyl adjacent to an activating group) is 3. The lowest BCUT2D eigenvalue weighted by Crippen LogP contribution is -2.37. The quantitative estimate of drug-likeness (QED) is 0.451. The highest BCUT2D eigenvalue weighted by molar-refractivity contribution is 5.46. The molecular weight excluding hydrogens is 192 g/mol. The zero-order valence-electron chi connectivity index (χ0n) is 10.1. The zero-order valence-corrected chi connectivity index (χ0v) is 10.1. The second-order valence-electron chi connectivity index (χ2n) is 3.65. The maximum absolute atomic E-state index is 10.7. The van der Waals surface area contributed by atoms with Gasteiger partial charge in [-0.3, -0.25) is 4.79 Å². The van der Waals surface area contributed by atoms with Crippen molar-refractivity contribution in [3.63, 3.8) is 0 Å². The highest BCUT2D eigenvalue weighted by atomic mass is 16.1. The monoisotopic (exact) mass is 216 g/mol. The Balaban J connectivity index is 3.55. The Morgan fingerprint density at radius 2 is 1.60 bits per heavy atom. The molecule has 0 spiro atoms. The van der Waals surface area contributed by atoms with Gasteiger partial charge in [0.1, 0.15) is 0 Å². The van der Waals surface area contributed by atoms with Crippen LogP contribution in [0.25, 0.3) is 0 Å². The van der Waals surface area contributed by atoms with Gasteiger partial charge in [0.2, 0.25) is 6.41 Å². The highest BCUT2D eigenvalue weighted by Crippen LogP contribution is 1.86. The molecule has 5 nitrogen and oxygen atoms in total. The van der Waals surface area contributed by atoms with Gasteiger partial charge < -0.3 is 20.4 Å². The van der Waals surface area contributed by atoms with E-state index in [-0.39, 0.29) is 0 Å². The number of hydrogen-bond donors (Lipinski definition) is 2. The maximum atomic E-state index is 10.7. The Kier molecular flexibility index (Phi) is 9.46. The minimum absolute atomic E-state index is 0.778. The summed E-state index contributed by atoms with van der Waals surface area (Å²) in [4.78, 5) is 14.7. The van der Waals surface area contributed by atoms with E-state index >= 15 is 0 Å². The number of rotatable bonds is 10. The molecule has 0 saturated heterocycles. The average molecular weight is 216 g/mol. The van der Waals surface area contributed by atoms with Crippen LogP contribution in [-0.2, 0) is 4.79 Å². The molecule has 1 amide bonds. The molecule has 0 fully saturated rings. The third-order valence-electron chi connectivity index (χ3n) is 2.31. The number of nitrogens with zero attached hydrogens (tertiary/aromatic N) is 2. The van der Waals surface area contributed by atoms with E-state index in [2.05, 4.69) is 22.6 Å². The zero-order chi connectivity index (χ0) is 11.5. The van der Waals surface area contributed by atoms with Gasteiger partial charge in [-0.15, -0.1) is 0 Å². The van der Waals surface area contributed by atoms with Gasteiger partial charge in [-0.05, 0) is 21.1 Å². The molecule has 0 heterocycles. The largest absolute Gasteiger partial charge is 0.343 e. The minimum Gasteiger partial charge on any atom is -0.343 e. The third kappa shape index (κ3) is 8.35. The van der Waals surface area contributed by atoms with Crippen molar-refractivity contribution in [1.29, 1.82) is 0 Å². The summed E-state index contributed by atoms with van der Waals surface area (Å²) in [5, 5.41) is 6.13. The van der Waals surface area contributed by atoms with Gasteiger partial charge in [0, 0.05) is 39.3 Å². The van der Waals surface area contributed by atoms with E-state index < -0.39 is 0 Å². The molecule has 0 aromatic rings. The van der Waals surface area contributed by atoms with Crippen molar-refractivity contribution < 1.29 is 4.79 Å². The Bertz CT molecular complexity index is 154. The number of amides is 1. The van der Waals surface area contributed by atoms with Crippen LogP contribution >= 0.6 is 0 Å². The van der Waals surface area contributed by atoms with E-state index in [0.717, 1.165) is 45.7 Å². The van der Waals surface area contributed by atoms with E-state index in [1.807, 2.05) is 14.1 Å². The van der Waals surface area contributed by atoms with Crippen LogP contribution in [-0.4, -0.2) is 76.6 Å². The summed E-state index contributed by atoms with van der Waals surface area (Å²) in [6, 6.07) is 0. The fourth-order valence-corrected chi connectivity index (χ4v) is 1.19. The summed E-state index contributed by atoms with van der Waals surface area (Å²) in [7, 11) is 5.90. The van der Waals surface area contributed by atoms with Crippen LogP contribution in [0, 0.1) is 0 Å². The van der Waals surface area contributed by atoms with Crippen molar-refractivity contribution in [2.75, 3.05) is 60.4 Å². The molecule has 0 aromatic carbocycles. The average Bonchev–Trinajstić information content (AvgIpc) is 2.26. The topological polar surface area (TPSA) is 47.6 Å². The molecule has 0 bridgehead atoms. The SMILES string of the molecule is CNCCN(C)CCN(C=O)CCNC. The lowest BCUT2D eigenvalue weighted by atomic mass is 10.4. The van der Waals surface area contributed by atoms with Gasteiger partial charge in [-0.2, -0.15) is 0 Å².